The normalized spacial score (nSPS) is 12.6. The molecule has 0 bridgehead atoms. The minimum atomic E-state index is -0.616. The summed E-state index contributed by atoms with van der Waals surface area (Å²) in [6.07, 6.45) is 5.09. The molecule has 2 aromatic carbocycles. The van der Waals surface area contributed by atoms with E-state index in [-0.39, 0.29) is 11.5 Å². The molecular formula is C29H28N4O4. The van der Waals surface area contributed by atoms with E-state index in [1.165, 1.54) is 6.07 Å². The third kappa shape index (κ3) is 4.82. The molecule has 0 aliphatic carbocycles. The highest BCUT2D eigenvalue weighted by atomic mass is 16.6. The topological polar surface area (TPSA) is 98.7 Å². The fourth-order valence-electron chi connectivity index (χ4n) is 4.32. The number of nitrogens with zero attached hydrogens (tertiary/aromatic N) is 3. The Hall–Kier alpha value is -4.46. The summed E-state index contributed by atoms with van der Waals surface area (Å²) in [6.45, 7) is 9.40. The number of carbonyl (C=O) groups excluding carboxylic acids is 1. The van der Waals surface area contributed by atoms with Gasteiger partial charge in [-0.3, -0.25) is 4.79 Å². The predicted octanol–water partition coefficient (Wildman–Crippen LogP) is 5.94. The Bertz CT molecular complexity index is 1690. The highest BCUT2D eigenvalue weighted by Crippen LogP contribution is 2.32. The minimum absolute atomic E-state index is 0.155. The number of aromatic nitrogens is 3. The van der Waals surface area contributed by atoms with Crippen LogP contribution >= 0.6 is 0 Å². The van der Waals surface area contributed by atoms with Crippen molar-refractivity contribution >= 4 is 28.3 Å². The van der Waals surface area contributed by atoms with E-state index in [4.69, 9.17) is 9.15 Å². The van der Waals surface area contributed by atoms with Gasteiger partial charge in [0.2, 0.25) is 0 Å². The molecule has 0 radical (unpaired) electrons. The molecule has 0 spiro atoms. The second-order valence-corrected chi connectivity index (χ2v) is 10.1. The fourth-order valence-corrected chi connectivity index (χ4v) is 4.32. The van der Waals surface area contributed by atoms with Crippen molar-refractivity contribution in [2.75, 3.05) is 5.32 Å². The van der Waals surface area contributed by atoms with Gasteiger partial charge in [0.25, 0.3) is 0 Å². The summed E-state index contributed by atoms with van der Waals surface area (Å²) in [5.74, 6) is -0.0241. The minimum Gasteiger partial charge on any atom is -0.456 e. The van der Waals surface area contributed by atoms with Crippen LogP contribution in [0.25, 0.3) is 27.9 Å². The summed E-state index contributed by atoms with van der Waals surface area (Å²) in [7, 11) is 0. The van der Waals surface area contributed by atoms with E-state index in [1.807, 2.05) is 58.9 Å². The first kappa shape index (κ1) is 24.2. The molecular weight excluding hydrogens is 468 g/mol. The van der Waals surface area contributed by atoms with Crippen LogP contribution in [0.4, 0.5) is 5.69 Å². The predicted molar refractivity (Wildman–Crippen MR) is 143 cm³/mol. The molecule has 0 aliphatic heterocycles. The monoisotopic (exact) mass is 496 g/mol. The highest BCUT2D eigenvalue weighted by Gasteiger charge is 2.22. The Balaban J connectivity index is 1.59. The van der Waals surface area contributed by atoms with Crippen LogP contribution in [-0.4, -0.2) is 26.2 Å². The summed E-state index contributed by atoms with van der Waals surface area (Å²) in [6, 6.07) is 14.0. The average Bonchev–Trinajstić information content (AvgIpc) is 3.27. The van der Waals surface area contributed by atoms with Crippen LogP contribution < -0.4 is 10.7 Å². The Morgan fingerprint density at radius 2 is 1.92 bits per heavy atom. The van der Waals surface area contributed by atoms with Crippen LogP contribution in [0.15, 0.2) is 76.3 Å². The Kier molecular flexibility index (Phi) is 6.03. The number of nitrogens with one attached hydrogen (secondary N) is 1. The molecule has 188 valence electrons. The first-order chi connectivity index (χ1) is 17.6. The van der Waals surface area contributed by atoms with Crippen LogP contribution in [0.3, 0.4) is 0 Å². The van der Waals surface area contributed by atoms with Crippen molar-refractivity contribution in [2.24, 2.45) is 0 Å². The number of benzene rings is 2. The molecule has 5 rings (SSSR count). The molecule has 8 nitrogen and oxygen atoms in total. The number of para-hydroxylation sites is 1. The Morgan fingerprint density at radius 1 is 1.14 bits per heavy atom. The number of aryl methyl sites for hydroxylation is 1. The van der Waals surface area contributed by atoms with Gasteiger partial charge in [0, 0.05) is 29.7 Å². The van der Waals surface area contributed by atoms with Gasteiger partial charge in [-0.2, -0.15) is 5.10 Å². The third-order valence-corrected chi connectivity index (χ3v) is 5.93. The molecule has 5 aromatic rings. The van der Waals surface area contributed by atoms with Crippen molar-refractivity contribution in [1.29, 1.82) is 0 Å². The van der Waals surface area contributed by atoms with Crippen molar-refractivity contribution in [3.63, 3.8) is 0 Å². The molecule has 0 saturated carbocycles. The van der Waals surface area contributed by atoms with Crippen LogP contribution in [0.5, 0.6) is 0 Å². The maximum atomic E-state index is 13.2. The zero-order valence-corrected chi connectivity index (χ0v) is 21.4. The molecule has 3 heterocycles. The Morgan fingerprint density at radius 3 is 2.70 bits per heavy atom. The summed E-state index contributed by atoms with van der Waals surface area (Å²) in [4.78, 5) is 30.4. The summed E-state index contributed by atoms with van der Waals surface area (Å²) in [5, 5.41) is 8.23. The number of hydrogen-bond acceptors (Lipinski definition) is 7. The SMILES string of the molecule is Cc1cc(C(C)Nc2ccccc2C(=O)OC(C)(C)C)c2oc(-c3cnn4cccnc34)cc(=O)c2c1. The van der Waals surface area contributed by atoms with Gasteiger partial charge in [-0.25, -0.2) is 14.3 Å². The largest absolute Gasteiger partial charge is 0.456 e. The van der Waals surface area contributed by atoms with Crippen molar-refractivity contribution in [3.05, 3.63) is 94.0 Å². The number of ether oxygens (including phenoxy) is 1. The van der Waals surface area contributed by atoms with Crippen molar-refractivity contribution in [1.82, 2.24) is 14.6 Å². The molecule has 1 N–H and O–H groups in total. The number of anilines is 1. The molecule has 3 aromatic heterocycles. The number of rotatable bonds is 5. The molecule has 1 atom stereocenters. The zero-order valence-electron chi connectivity index (χ0n) is 21.4. The first-order valence-electron chi connectivity index (χ1n) is 12.1. The average molecular weight is 497 g/mol. The number of hydrogen-bond donors (Lipinski definition) is 1. The summed E-state index contributed by atoms with van der Waals surface area (Å²) in [5.41, 5.74) is 3.70. The molecule has 0 amide bonds. The lowest BCUT2D eigenvalue weighted by Gasteiger charge is -2.22. The maximum Gasteiger partial charge on any atom is 0.340 e. The van der Waals surface area contributed by atoms with Gasteiger partial charge in [-0.05, 0) is 64.4 Å². The summed E-state index contributed by atoms with van der Waals surface area (Å²) < 4.78 is 13.6. The van der Waals surface area contributed by atoms with E-state index in [9.17, 15) is 9.59 Å². The maximum absolute atomic E-state index is 13.2. The standard InChI is InChI=1S/C29H28N4O4/c1-17-13-20(18(2)32-23-10-7-6-9-19(23)28(35)37-29(3,4)5)26-21(14-17)24(34)15-25(36-26)22-16-31-33-12-8-11-30-27(22)33/h6-16,18,32H,1-5H3. The lowest BCUT2D eigenvalue weighted by molar-refractivity contribution is 0.00706. The van der Waals surface area contributed by atoms with Gasteiger partial charge in [0.05, 0.1) is 28.8 Å². The third-order valence-electron chi connectivity index (χ3n) is 5.93. The molecule has 8 heteroatoms. The van der Waals surface area contributed by atoms with Gasteiger partial charge in [0.15, 0.2) is 11.1 Å². The van der Waals surface area contributed by atoms with E-state index in [2.05, 4.69) is 15.4 Å². The number of fused-ring (bicyclic) bond motifs is 2. The highest BCUT2D eigenvalue weighted by molar-refractivity contribution is 5.96. The van der Waals surface area contributed by atoms with Crippen LogP contribution in [0.1, 0.15) is 55.2 Å². The van der Waals surface area contributed by atoms with Gasteiger partial charge in [0.1, 0.15) is 16.9 Å². The second kappa shape index (κ2) is 9.20. The molecule has 0 fully saturated rings. The van der Waals surface area contributed by atoms with E-state index in [0.29, 0.717) is 39.2 Å². The van der Waals surface area contributed by atoms with Crippen molar-refractivity contribution in [3.8, 4) is 11.3 Å². The molecule has 0 aliphatic rings. The lowest BCUT2D eigenvalue weighted by Crippen LogP contribution is -2.24. The smallest absolute Gasteiger partial charge is 0.340 e. The molecule has 1 unspecified atom stereocenters. The second-order valence-electron chi connectivity index (χ2n) is 10.1. The van der Waals surface area contributed by atoms with Gasteiger partial charge in [-0.1, -0.05) is 18.2 Å². The van der Waals surface area contributed by atoms with Crippen LogP contribution in [0.2, 0.25) is 0 Å². The number of carbonyl (C=O) groups is 1. The zero-order chi connectivity index (χ0) is 26.3. The fraction of sp³-hybridized carbons (Fsp3) is 0.241. The van der Waals surface area contributed by atoms with E-state index in [1.54, 1.807) is 41.3 Å². The lowest BCUT2D eigenvalue weighted by atomic mass is 10.00. The van der Waals surface area contributed by atoms with E-state index < -0.39 is 11.6 Å². The van der Waals surface area contributed by atoms with Gasteiger partial charge >= 0.3 is 5.97 Å². The summed E-state index contributed by atoms with van der Waals surface area (Å²) >= 11 is 0. The first-order valence-corrected chi connectivity index (χ1v) is 12.1. The van der Waals surface area contributed by atoms with Gasteiger partial charge < -0.3 is 14.5 Å². The number of esters is 1. The van der Waals surface area contributed by atoms with E-state index in [0.717, 1.165) is 11.1 Å². The molecule has 37 heavy (non-hydrogen) atoms. The van der Waals surface area contributed by atoms with Crippen LogP contribution in [-0.2, 0) is 4.74 Å². The van der Waals surface area contributed by atoms with Crippen molar-refractivity contribution in [2.45, 2.75) is 46.3 Å². The van der Waals surface area contributed by atoms with Crippen molar-refractivity contribution < 1.29 is 13.9 Å². The Labute approximate surface area is 213 Å². The molecule has 0 saturated heterocycles. The quantitative estimate of drug-likeness (QED) is 0.301. The van der Waals surface area contributed by atoms with Crippen LogP contribution in [0, 0.1) is 6.92 Å². The van der Waals surface area contributed by atoms with Gasteiger partial charge in [-0.15, -0.1) is 0 Å². The van der Waals surface area contributed by atoms with E-state index >= 15 is 0 Å².